The van der Waals surface area contributed by atoms with Crippen LogP contribution in [0.4, 0.5) is 0 Å². The molecule has 1 amide bonds. The van der Waals surface area contributed by atoms with Gasteiger partial charge in [0.1, 0.15) is 27.2 Å². The Balaban J connectivity index is 2.04. The SMILES string of the molecule is COc1ccc(Br)cc1[C@H](Cn1c(=O)n(C(C)(C)C(=O)NC(C)C)c(=O)c2c(C)c(-n3nccn3)sc21)OCC(C)(C)C#N. The summed E-state index contributed by atoms with van der Waals surface area (Å²) < 4.78 is 15.2. The van der Waals surface area contributed by atoms with Crippen LogP contribution in [-0.2, 0) is 21.6 Å². The maximum absolute atomic E-state index is 14.5. The number of methoxy groups -OCH3 is 1. The molecule has 0 aliphatic carbocycles. The highest BCUT2D eigenvalue weighted by molar-refractivity contribution is 9.10. The summed E-state index contributed by atoms with van der Waals surface area (Å²) in [4.78, 5) is 43.8. The number of nitrogens with one attached hydrogen (secondary N) is 1. The predicted octanol–water partition coefficient (Wildman–Crippen LogP) is 4.45. The maximum Gasteiger partial charge on any atom is 0.333 e. The Morgan fingerprint density at radius 3 is 2.43 bits per heavy atom. The number of amides is 1. The monoisotopic (exact) mass is 685 g/mol. The summed E-state index contributed by atoms with van der Waals surface area (Å²) in [5, 5.41) is 21.8. The fourth-order valence-corrected chi connectivity index (χ4v) is 6.34. The van der Waals surface area contributed by atoms with Crippen molar-refractivity contribution < 1.29 is 14.3 Å². The van der Waals surface area contributed by atoms with E-state index in [0.717, 1.165) is 9.04 Å². The smallest absolute Gasteiger partial charge is 0.333 e. The highest BCUT2D eigenvalue weighted by Gasteiger charge is 2.36. The van der Waals surface area contributed by atoms with E-state index < -0.39 is 34.2 Å². The van der Waals surface area contributed by atoms with Crippen molar-refractivity contribution in [3.05, 3.63) is 67.0 Å². The molecule has 1 aromatic carbocycles. The van der Waals surface area contributed by atoms with Crippen LogP contribution in [0.3, 0.4) is 0 Å². The van der Waals surface area contributed by atoms with Crippen LogP contribution in [-0.4, -0.2) is 49.8 Å². The number of thiophene rings is 1. The van der Waals surface area contributed by atoms with Crippen molar-refractivity contribution in [3.8, 4) is 16.8 Å². The molecule has 0 radical (unpaired) electrons. The van der Waals surface area contributed by atoms with Crippen molar-refractivity contribution in [2.45, 2.75) is 72.7 Å². The van der Waals surface area contributed by atoms with E-state index in [1.165, 1.54) is 40.2 Å². The van der Waals surface area contributed by atoms with E-state index in [4.69, 9.17) is 9.47 Å². The number of halogens is 1. The number of rotatable bonds is 11. The van der Waals surface area contributed by atoms with E-state index in [1.807, 2.05) is 12.1 Å². The highest BCUT2D eigenvalue weighted by atomic mass is 79.9. The highest BCUT2D eigenvalue weighted by Crippen LogP contribution is 2.36. The number of nitrogens with zero attached hydrogens (tertiary/aromatic N) is 6. The van der Waals surface area contributed by atoms with Crippen molar-refractivity contribution in [3.63, 3.8) is 0 Å². The van der Waals surface area contributed by atoms with Crippen molar-refractivity contribution in [2.24, 2.45) is 5.41 Å². The van der Waals surface area contributed by atoms with Gasteiger partial charge in [0.05, 0.1) is 49.5 Å². The fraction of sp³-hybridized carbons (Fsp3) is 0.467. The molecule has 12 nitrogen and oxygen atoms in total. The number of aromatic nitrogens is 5. The lowest BCUT2D eigenvalue weighted by molar-refractivity contribution is -0.129. The molecule has 234 valence electrons. The first-order chi connectivity index (χ1) is 20.6. The molecule has 44 heavy (non-hydrogen) atoms. The summed E-state index contributed by atoms with van der Waals surface area (Å²) in [5.41, 5.74) is -2.45. The Bertz CT molecular complexity index is 1850. The number of aryl methyl sites for hydroxylation is 1. The van der Waals surface area contributed by atoms with Gasteiger partial charge in [0, 0.05) is 21.6 Å². The van der Waals surface area contributed by atoms with E-state index in [1.54, 1.807) is 54.5 Å². The van der Waals surface area contributed by atoms with E-state index in [0.29, 0.717) is 26.7 Å². The standard InChI is InChI=1S/C30H36BrN7O5S/c1-17(2)35-27(40)30(6,7)37-24(39)23-18(3)25(38-33-11-12-34-38)44-26(23)36(28(37)41)14-22(43-16-29(4,5)15-32)20-13-19(31)9-10-21(20)42-8/h9-13,17,22H,14,16H2,1-8H3,(H,35,40)/t22-/m0/s1. The summed E-state index contributed by atoms with van der Waals surface area (Å²) >= 11 is 4.71. The molecule has 1 atom stereocenters. The van der Waals surface area contributed by atoms with E-state index in [2.05, 4.69) is 37.5 Å². The number of ether oxygens (including phenoxy) is 2. The van der Waals surface area contributed by atoms with Crippen molar-refractivity contribution in [1.29, 1.82) is 5.26 Å². The maximum atomic E-state index is 14.5. The average molecular weight is 687 g/mol. The number of nitriles is 1. The van der Waals surface area contributed by atoms with Gasteiger partial charge in [0.25, 0.3) is 5.56 Å². The summed E-state index contributed by atoms with van der Waals surface area (Å²) in [6.45, 7) is 12.0. The summed E-state index contributed by atoms with van der Waals surface area (Å²) in [6.07, 6.45) is 2.26. The first kappa shape index (κ1) is 33.1. The summed E-state index contributed by atoms with van der Waals surface area (Å²) in [6, 6.07) is 7.47. The molecule has 0 saturated carbocycles. The van der Waals surface area contributed by atoms with Crippen LogP contribution < -0.4 is 21.3 Å². The number of carbonyl (C=O) groups is 1. The Kier molecular flexibility index (Phi) is 9.53. The summed E-state index contributed by atoms with van der Waals surface area (Å²) in [5.74, 6) is 0.0442. The molecule has 3 heterocycles. The van der Waals surface area contributed by atoms with Gasteiger partial charge >= 0.3 is 5.69 Å². The quantitative estimate of drug-likeness (QED) is 0.244. The molecule has 0 fully saturated rings. The zero-order valence-electron chi connectivity index (χ0n) is 26.0. The number of carbonyl (C=O) groups excluding carboxylic acids is 1. The molecule has 1 N–H and O–H groups in total. The van der Waals surface area contributed by atoms with Crippen LogP contribution in [0.1, 0.15) is 58.8 Å². The zero-order valence-corrected chi connectivity index (χ0v) is 28.4. The molecule has 4 aromatic rings. The fourth-order valence-electron chi connectivity index (χ4n) is 4.75. The van der Waals surface area contributed by atoms with Gasteiger partial charge in [0.2, 0.25) is 5.91 Å². The van der Waals surface area contributed by atoms with Crippen LogP contribution >= 0.6 is 27.3 Å². The molecule has 0 spiro atoms. The number of fused-ring (bicyclic) bond motifs is 1. The second kappa shape index (κ2) is 12.7. The molecule has 0 aliphatic heterocycles. The van der Waals surface area contributed by atoms with Gasteiger partial charge in [-0.15, -0.1) is 4.80 Å². The van der Waals surface area contributed by atoms with Gasteiger partial charge in [-0.25, -0.2) is 9.36 Å². The largest absolute Gasteiger partial charge is 0.496 e. The van der Waals surface area contributed by atoms with E-state index in [9.17, 15) is 19.6 Å². The lowest BCUT2D eigenvalue weighted by Gasteiger charge is -2.29. The molecule has 14 heteroatoms. The third kappa shape index (κ3) is 6.36. The van der Waals surface area contributed by atoms with Crippen LogP contribution in [0.5, 0.6) is 5.75 Å². The first-order valence-electron chi connectivity index (χ1n) is 14.0. The lowest BCUT2D eigenvalue weighted by Crippen LogP contribution is -2.56. The Hall–Kier alpha value is -3.80. The van der Waals surface area contributed by atoms with Crippen molar-refractivity contribution in [2.75, 3.05) is 13.7 Å². The zero-order chi connectivity index (χ0) is 32.6. The van der Waals surface area contributed by atoms with Gasteiger partial charge in [0.15, 0.2) is 0 Å². The van der Waals surface area contributed by atoms with E-state index in [-0.39, 0.29) is 24.6 Å². The minimum atomic E-state index is -1.54. The number of benzene rings is 1. The van der Waals surface area contributed by atoms with Crippen LogP contribution in [0, 0.1) is 23.7 Å². The molecule has 0 saturated heterocycles. The van der Waals surface area contributed by atoms with E-state index >= 15 is 0 Å². The minimum absolute atomic E-state index is 0.0512. The van der Waals surface area contributed by atoms with Crippen LogP contribution in [0.15, 0.2) is 44.7 Å². The Morgan fingerprint density at radius 1 is 1.18 bits per heavy atom. The van der Waals surface area contributed by atoms with Crippen LogP contribution in [0.2, 0.25) is 0 Å². The normalized spacial score (nSPS) is 12.8. The average Bonchev–Trinajstić information content (AvgIpc) is 3.60. The van der Waals surface area contributed by atoms with Gasteiger partial charge in [-0.2, -0.15) is 15.5 Å². The molecular formula is C30H36BrN7O5S. The molecular weight excluding hydrogens is 650 g/mol. The van der Waals surface area contributed by atoms with Gasteiger partial charge < -0.3 is 14.8 Å². The number of hydrogen-bond acceptors (Lipinski definition) is 9. The Morgan fingerprint density at radius 2 is 1.84 bits per heavy atom. The third-order valence-electron chi connectivity index (χ3n) is 7.16. The van der Waals surface area contributed by atoms with Gasteiger partial charge in [-0.3, -0.25) is 14.2 Å². The second-order valence-corrected chi connectivity index (χ2v) is 13.8. The minimum Gasteiger partial charge on any atom is -0.496 e. The predicted molar refractivity (Wildman–Crippen MR) is 171 cm³/mol. The van der Waals surface area contributed by atoms with Crippen molar-refractivity contribution in [1.82, 2.24) is 29.4 Å². The van der Waals surface area contributed by atoms with Gasteiger partial charge in [-0.05, 0) is 66.7 Å². The summed E-state index contributed by atoms with van der Waals surface area (Å²) in [7, 11) is 1.54. The molecule has 0 aliphatic rings. The topological polar surface area (TPSA) is 146 Å². The molecule has 4 rings (SSSR count). The molecule has 0 unspecified atom stereocenters. The lowest BCUT2D eigenvalue weighted by atomic mass is 9.97. The first-order valence-corrected chi connectivity index (χ1v) is 15.6. The number of hydrogen-bond donors (Lipinski definition) is 1. The van der Waals surface area contributed by atoms with Gasteiger partial charge in [-0.1, -0.05) is 27.3 Å². The second-order valence-electron chi connectivity index (χ2n) is 11.9. The molecule has 3 aromatic heterocycles. The van der Waals surface area contributed by atoms with Crippen LogP contribution in [0.25, 0.3) is 15.2 Å². The Labute approximate surface area is 267 Å². The van der Waals surface area contributed by atoms with Crippen molar-refractivity contribution >= 4 is 43.4 Å². The third-order valence-corrected chi connectivity index (χ3v) is 8.93. The molecule has 0 bridgehead atoms.